The molecule has 0 spiro atoms. The monoisotopic (exact) mass is 274 g/mol. The van der Waals surface area contributed by atoms with Crippen LogP contribution in [0, 0.1) is 5.92 Å². The van der Waals surface area contributed by atoms with Crippen molar-refractivity contribution in [2.24, 2.45) is 11.7 Å². The van der Waals surface area contributed by atoms with Crippen molar-refractivity contribution in [1.82, 2.24) is 4.90 Å². The van der Waals surface area contributed by atoms with Gasteiger partial charge >= 0.3 is 0 Å². The summed E-state index contributed by atoms with van der Waals surface area (Å²) >= 11 is 0. The standard InChI is InChI=1S/C17H26N2O/c1-11(2)15-5-4-8-19(15)16-9-12-6-7-13(20-3)10-14(12)17(16)18/h6-7,10-11,15-17H,4-5,8-9,18H2,1-3H3. The Labute approximate surface area is 122 Å². The van der Waals surface area contributed by atoms with Crippen molar-refractivity contribution in [2.45, 2.75) is 51.2 Å². The average Bonchev–Trinajstić information content (AvgIpc) is 3.03. The van der Waals surface area contributed by atoms with Gasteiger partial charge in [-0.05, 0) is 55.0 Å². The number of nitrogens with zero attached hydrogens (tertiary/aromatic N) is 1. The summed E-state index contributed by atoms with van der Waals surface area (Å²) in [7, 11) is 1.72. The summed E-state index contributed by atoms with van der Waals surface area (Å²) in [5.41, 5.74) is 9.24. The topological polar surface area (TPSA) is 38.5 Å². The largest absolute Gasteiger partial charge is 0.497 e. The smallest absolute Gasteiger partial charge is 0.119 e. The van der Waals surface area contributed by atoms with E-state index in [-0.39, 0.29) is 6.04 Å². The van der Waals surface area contributed by atoms with Crippen LogP contribution in [0.3, 0.4) is 0 Å². The van der Waals surface area contributed by atoms with Gasteiger partial charge in [0.05, 0.1) is 7.11 Å². The summed E-state index contributed by atoms with van der Waals surface area (Å²) < 4.78 is 5.34. The zero-order chi connectivity index (χ0) is 14.3. The van der Waals surface area contributed by atoms with Gasteiger partial charge in [0.1, 0.15) is 5.75 Å². The van der Waals surface area contributed by atoms with Crippen LogP contribution in [0.4, 0.5) is 0 Å². The van der Waals surface area contributed by atoms with Crippen LogP contribution in [0.2, 0.25) is 0 Å². The van der Waals surface area contributed by atoms with Crippen LogP contribution in [0.25, 0.3) is 0 Å². The molecule has 2 N–H and O–H groups in total. The second-order valence-electron chi connectivity index (χ2n) is 6.55. The van der Waals surface area contributed by atoms with Crippen molar-refractivity contribution in [3.63, 3.8) is 0 Å². The lowest BCUT2D eigenvalue weighted by atomic mass is 9.99. The van der Waals surface area contributed by atoms with Crippen LogP contribution in [0.5, 0.6) is 5.75 Å². The van der Waals surface area contributed by atoms with E-state index in [9.17, 15) is 0 Å². The van der Waals surface area contributed by atoms with Gasteiger partial charge < -0.3 is 10.5 Å². The molecule has 110 valence electrons. The molecule has 1 aliphatic heterocycles. The Bertz CT molecular complexity index is 486. The quantitative estimate of drug-likeness (QED) is 0.921. The molecule has 3 rings (SSSR count). The maximum absolute atomic E-state index is 6.56. The molecule has 1 heterocycles. The minimum atomic E-state index is 0.124. The first kappa shape index (κ1) is 13.9. The number of nitrogens with two attached hydrogens (primary N) is 1. The van der Waals surface area contributed by atoms with Crippen molar-refractivity contribution in [2.75, 3.05) is 13.7 Å². The molecule has 3 heteroatoms. The number of benzene rings is 1. The Balaban J connectivity index is 1.84. The van der Waals surface area contributed by atoms with Crippen molar-refractivity contribution in [3.05, 3.63) is 29.3 Å². The Morgan fingerprint density at radius 2 is 2.15 bits per heavy atom. The zero-order valence-corrected chi connectivity index (χ0v) is 12.8. The van der Waals surface area contributed by atoms with Crippen LogP contribution >= 0.6 is 0 Å². The van der Waals surface area contributed by atoms with Crippen LogP contribution in [-0.4, -0.2) is 30.6 Å². The number of rotatable bonds is 3. The highest BCUT2D eigenvalue weighted by Gasteiger charge is 2.39. The maximum Gasteiger partial charge on any atom is 0.119 e. The molecule has 0 aromatic heterocycles. The SMILES string of the molecule is COc1ccc2c(c1)C(N)C(N1CCCC1C(C)C)C2. The molecule has 20 heavy (non-hydrogen) atoms. The number of ether oxygens (including phenoxy) is 1. The molecular weight excluding hydrogens is 248 g/mol. The fraction of sp³-hybridized carbons (Fsp3) is 0.647. The second kappa shape index (κ2) is 5.38. The van der Waals surface area contributed by atoms with Crippen LogP contribution in [0.1, 0.15) is 43.9 Å². The molecule has 3 atom stereocenters. The molecular formula is C17H26N2O. The Morgan fingerprint density at radius 1 is 1.35 bits per heavy atom. The molecule has 1 aromatic carbocycles. The van der Waals surface area contributed by atoms with E-state index in [2.05, 4.69) is 36.9 Å². The van der Waals surface area contributed by atoms with Crippen molar-refractivity contribution >= 4 is 0 Å². The Morgan fingerprint density at radius 3 is 2.85 bits per heavy atom. The van der Waals surface area contributed by atoms with Gasteiger partial charge in [0.2, 0.25) is 0 Å². The lowest BCUT2D eigenvalue weighted by Crippen LogP contribution is -2.45. The number of hydrogen-bond acceptors (Lipinski definition) is 3. The Kier molecular flexibility index (Phi) is 3.74. The summed E-state index contributed by atoms with van der Waals surface area (Å²) in [4.78, 5) is 2.67. The zero-order valence-electron chi connectivity index (χ0n) is 12.8. The summed E-state index contributed by atoms with van der Waals surface area (Å²) in [6, 6.07) is 7.65. The molecule has 1 fully saturated rings. The molecule has 1 aliphatic carbocycles. The van der Waals surface area contributed by atoms with Gasteiger partial charge in [0.25, 0.3) is 0 Å². The highest BCUT2D eigenvalue weighted by Crippen LogP contribution is 2.39. The third-order valence-corrected chi connectivity index (χ3v) is 5.09. The minimum absolute atomic E-state index is 0.124. The maximum atomic E-state index is 6.56. The molecule has 0 saturated carbocycles. The van der Waals surface area contributed by atoms with Gasteiger partial charge in [0.15, 0.2) is 0 Å². The Hall–Kier alpha value is -1.06. The number of fused-ring (bicyclic) bond motifs is 1. The molecule has 1 saturated heterocycles. The predicted octanol–water partition coefficient (Wildman–Crippen LogP) is 2.74. The van der Waals surface area contributed by atoms with E-state index in [1.165, 1.54) is 30.5 Å². The van der Waals surface area contributed by atoms with Gasteiger partial charge in [-0.1, -0.05) is 19.9 Å². The highest BCUT2D eigenvalue weighted by molar-refractivity contribution is 5.42. The van der Waals surface area contributed by atoms with Crippen LogP contribution in [-0.2, 0) is 6.42 Å². The average molecular weight is 274 g/mol. The molecule has 0 radical (unpaired) electrons. The predicted molar refractivity (Wildman–Crippen MR) is 82.0 cm³/mol. The van der Waals surface area contributed by atoms with Gasteiger partial charge in [0, 0.05) is 18.1 Å². The first-order valence-electron chi connectivity index (χ1n) is 7.80. The van der Waals surface area contributed by atoms with E-state index in [4.69, 9.17) is 10.5 Å². The second-order valence-corrected chi connectivity index (χ2v) is 6.55. The molecule has 2 aliphatic rings. The summed E-state index contributed by atoms with van der Waals surface area (Å²) in [5, 5.41) is 0. The third kappa shape index (κ3) is 2.23. The minimum Gasteiger partial charge on any atom is -0.497 e. The van der Waals surface area contributed by atoms with E-state index < -0.39 is 0 Å². The molecule has 0 amide bonds. The normalized spacial score (nSPS) is 29.9. The number of methoxy groups -OCH3 is 1. The van der Waals surface area contributed by atoms with Crippen molar-refractivity contribution < 1.29 is 4.74 Å². The van der Waals surface area contributed by atoms with Crippen molar-refractivity contribution in [3.8, 4) is 5.75 Å². The molecule has 0 bridgehead atoms. The lowest BCUT2D eigenvalue weighted by molar-refractivity contribution is 0.133. The fourth-order valence-electron chi connectivity index (χ4n) is 4.02. The first-order chi connectivity index (χ1) is 9.61. The first-order valence-corrected chi connectivity index (χ1v) is 7.80. The number of hydrogen-bond donors (Lipinski definition) is 1. The van der Waals surface area contributed by atoms with E-state index in [1.54, 1.807) is 7.11 Å². The van der Waals surface area contributed by atoms with Crippen LogP contribution in [0.15, 0.2) is 18.2 Å². The molecule has 3 nitrogen and oxygen atoms in total. The fourth-order valence-corrected chi connectivity index (χ4v) is 4.02. The van der Waals surface area contributed by atoms with E-state index in [0.717, 1.165) is 12.2 Å². The third-order valence-electron chi connectivity index (χ3n) is 5.09. The van der Waals surface area contributed by atoms with Gasteiger partial charge in [-0.25, -0.2) is 0 Å². The number of likely N-dealkylation sites (tertiary alicyclic amines) is 1. The molecule has 1 aromatic rings. The molecule has 3 unspecified atom stereocenters. The van der Waals surface area contributed by atoms with Gasteiger partial charge in [-0.2, -0.15) is 0 Å². The summed E-state index contributed by atoms with van der Waals surface area (Å²) in [5.74, 6) is 1.63. The van der Waals surface area contributed by atoms with Crippen molar-refractivity contribution in [1.29, 1.82) is 0 Å². The van der Waals surface area contributed by atoms with E-state index >= 15 is 0 Å². The summed E-state index contributed by atoms with van der Waals surface area (Å²) in [6.45, 7) is 5.87. The van der Waals surface area contributed by atoms with Crippen LogP contribution < -0.4 is 10.5 Å². The van der Waals surface area contributed by atoms with E-state index in [1.807, 2.05) is 0 Å². The highest BCUT2D eigenvalue weighted by atomic mass is 16.5. The lowest BCUT2D eigenvalue weighted by Gasteiger charge is -2.35. The van der Waals surface area contributed by atoms with E-state index in [0.29, 0.717) is 18.0 Å². The van der Waals surface area contributed by atoms with Gasteiger partial charge in [-0.3, -0.25) is 4.90 Å². The summed E-state index contributed by atoms with van der Waals surface area (Å²) in [6.07, 6.45) is 3.72. The van der Waals surface area contributed by atoms with Gasteiger partial charge in [-0.15, -0.1) is 0 Å².